The van der Waals surface area contributed by atoms with Crippen molar-refractivity contribution in [2.45, 2.75) is 38.8 Å². The first-order valence-electron chi connectivity index (χ1n) is 14.8. The van der Waals surface area contributed by atoms with E-state index in [0.717, 1.165) is 49.3 Å². The summed E-state index contributed by atoms with van der Waals surface area (Å²) in [5, 5.41) is 12.9. The molecule has 1 amide bonds. The van der Waals surface area contributed by atoms with Crippen LogP contribution in [0.3, 0.4) is 0 Å². The Kier molecular flexibility index (Phi) is 7.74. The van der Waals surface area contributed by atoms with Gasteiger partial charge in [0.1, 0.15) is 18.2 Å². The Morgan fingerprint density at radius 1 is 1.12 bits per heavy atom. The van der Waals surface area contributed by atoms with E-state index in [1.165, 1.54) is 26.9 Å². The number of carbonyl (C=O) groups excluding carboxylic acids is 1. The normalized spacial score (nSPS) is 19.1. The van der Waals surface area contributed by atoms with E-state index in [0.29, 0.717) is 50.8 Å². The molecule has 0 bridgehead atoms. The van der Waals surface area contributed by atoms with Crippen LogP contribution in [0.15, 0.2) is 48.8 Å². The van der Waals surface area contributed by atoms with E-state index < -0.39 is 11.7 Å². The Hall–Kier alpha value is -4.16. The fraction of sp³-hybridized carbons (Fsp3) is 0.424. The summed E-state index contributed by atoms with van der Waals surface area (Å²) < 4.78 is 19.9. The number of carbonyl (C=O) groups is 1. The highest BCUT2D eigenvalue weighted by Crippen LogP contribution is 2.39. The first-order chi connectivity index (χ1) is 20.4. The number of ether oxygens (including phenoxy) is 1. The minimum atomic E-state index is -0.946. The zero-order valence-corrected chi connectivity index (χ0v) is 24.4. The summed E-state index contributed by atoms with van der Waals surface area (Å²) in [6.07, 6.45) is 2.91. The van der Waals surface area contributed by atoms with Gasteiger partial charge < -0.3 is 24.3 Å². The molecule has 0 spiro atoms. The number of aromatic nitrogens is 1. The second-order valence-electron chi connectivity index (χ2n) is 11.6. The first-order valence-corrected chi connectivity index (χ1v) is 14.8. The monoisotopic (exact) mass is 568 g/mol. The molecular weight excluding hydrogens is 531 g/mol. The predicted octanol–water partition coefficient (Wildman–Crippen LogP) is 4.58. The molecule has 0 saturated carbocycles. The zero-order valence-electron chi connectivity index (χ0n) is 24.4. The summed E-state index contributed by atoms with van der Waals surface area (Å²) in [6.45, 7) is 9.90. The number of benzene rings is 2. The summed E-state index contributed by atoms with van der Waals surface area (Å²) in [5.41, 5.74) is 5.66. The lowest BCUT2D eigenvalue weighted by Crippen LogP contribution is -2.49. The third kappa shape index (κ3) is 5.16. The van der Waals surface area contributed by atoms with Gasteiger partial charge in [-0.25, -0.2) is 9.37 Å². The maximum atomic E-state index is 13.6. The molecule has 0 unspecified atom stereocenters. The fourth-order valence-electron chi connectivity index (χ4n) is 6.73. The van der Waals surface area contributed by atoms with E-state index in [4.69, 9.17) is 9.72 Å². The smallest absolute Gasteiger partial charge is 0.282 e. The average molecular weight is 569 g/mol. The summed E-state index contributed by atoms with van der Waals surface area (Å²) in [4.78, 5) is 25.5. The lowest BCUT2D eigenvalue weighted by atomic mass is 9.96. The Morgan fingerprint density at radius 3 is 2.57 bits per heavy atom. The number of likely N-dealkylation sites (tertiary alicyclic amines) is 1. The molecule has 218 valence electrons. The first kappa shape index (κ1) is 28.0. The Labute approximate surface area is 246 Å². The average Bonchev–Trinajstić information content (AvgIpc) is 3.42. The molecule has 0 N–H and O–H groups in total. The van der Waals surface area contributed by atoms with Gasteiger partial charge in [-0.15, -0.1) is 0 Å². The van der Waals surface area contributed by atoms with Gasteiger partial charge in [-0.2, -0.15) is 5.26 Å². The molecule has 2 fully saturated rings. The number of amides is 1. The van der Waals surface area contributed by atoms with E-state index in [2.05, 4.69) is 77.7 Å². The molecule has 0 aliphatic carbocycles. The molecule has 2 aromatic carbocycles. The number of nitriles is 1. The van der Waals surface area contributed by atoms with E-state index in [1.807, 2.05) is 0 Å². The van der Waals surface area contributed by atoms with Crippen LogP contribution in [0.25, 0.3) is 10.8 Å². The molecule has 3 aliphatic heterocycles. The van der Waals surface area contributed by atoms with Crippen LogP contribution in [0.5, 0.6) is 5.88 Å². The third-order valence-electron chi connectivity index (χ3n) is 9.04. The number of anilines is 2. The third-order valence-corrected chi connectivity index (χ3v) is 9.04. The molecule has 4 heterocycles. The highest BCUT2D eigenvalue weighted by atomic mass is 19.1. The summed E-state index contributed by atoms with van der Waals surface area (Å²) in [5.74, 6) is -1.24. The number of piperazine rings is 1. The van der Waals surface area contributed by atoms with Crippen molar-refractivity contribution in [1.29, 1.82) is 5.26 Å². The largest absolute Gasteiger partial charge is 0.475 e. The highest BCUT2D eigenvalue weighted by molar-refractivity contribution is 5.97. The molecule has 2 saturated heterocycles. The quantitative estimate of drug-likeness (QED) is 0.403. The van der Waals surface area contributed by atoms with Crippen molar-refractivity contribution < 1.29 is 13.9 Å². The standard InChI is InChI=1S/C33H37FN6O2/c1-22-7-4-8-24-9-5-11-29(30(22)24)40-14-12-26-28(20-40)36-32(42-21-25-10-6-13-37(25)3)27(19-35)31(26)38-15-17-39(18-16-38)33(41)23(2)34/h4-5,7-9,11,25H,2,6,10,12-18,20-21H2,1,3H3/t25-/m0/s1. The van der Waals surface area contributed by atoms with Crippen LogP contribution in [-0.4, -0.2) is 79.7 Å². The number of halogens is 1. The molecule has 6 rings (SSSR count). The lowest BCUT2D eigenvalue weighted by molar-refractivity contribution is -0.128. The number of rotatable bonds is 6. The van der Waals surface area contributed by atoms with Crippen molar-refractivity contribution >= 4 is 28.1 Å². The van der Waals surface area contributed by atoms with Crippen LogP contribution in [0, 0.1) is 18.3 Å². The van der Waals surface area contributed by atoms with Crippen molar-refractivity contribution in [3.05, 3.63) is 71.2 Å². The summed E-state index contributed by atoms with van der Waals surface area (Å²) in [6, 6.07) is 15.5. The van der Waals surface area contributed by atoms with Gasteiger partial charge in [-0.05, 0) is 56.8 Å². The number of likely N-dealkylation sites (N-methyl/N-ethyl adjacent to an activating group) is 1. The van der Waals surface area contributed by atoms with E-state index in [9.17, 15) is 14.4 Å². The maximum absolute atomic E-state index is 13.6. The number of aryl methyl sites for hydroxylation is 1. The van der Waals surface area contributed by atoms with Crippen LogP contribution >= 0.6 is 0 Å². The van der Waals surface area contributed by atoms with Gasteiger partial charge in [0, 0.05) is 55.4 Å². The van der Waals surface area contributed by atoms with Gasteiger partial charge in [0.25, 0.3) is 5.91 Å². The highest BCUT2D eigenvalue weighted by Gasteiger charge is 2.32. The molecule has 3 aromatic rings. The number of hydrogen-bond donors (Lipinski definition) is 0. The molecule has 3 aliphatic rings. The minimum Gasteiger partial charge on any atom is -0.475 e. The molecule has 9 heteroatoms. The predicted molar refractivity (Wildman–Crippen MR) is 163 cm³/mol. The number of fused-ring (bicyclic) bond motifs is 2. The van der Waals surface area contributed by atoms with Crippen LogP contribution in [0.1, 0.15) is 35.2 Å². The molecule has 1 aromatic heterocycles. The van der Waals surface area contributed by atoms with Crippen molar-refractivity contribution in [2.24, 2.45) is 0 Å². The lowest BCUT2D eigenvalue weighted by Gasteiger charge is -2.39. The van der Waals surface area contributed by atoms with E-state index in [-0.39, 0.29) is 6.04 Å². The Morgan fingerprint density at radius 2 is 1.88 bits per heavy atom. The second-order valence-corrected chi connectivity index (χ2v) is 11.6. The molecular formula is C33H37FN6O2. The van der Waals surface area contributed by atoms with E-state index in [1.54, 1.807) is 0 Å². The van der Waals surface area contributed by atoms with Gasteiger partial charge in [0.2, 0.25) is 5.88 Å². The van der Waals surface area contributed by atoms with Crippen LogP contribution in [0.4, 0.5) is 15.8 Å². The Balaban J connectivity index is 1.37. The van der Waals surface area contributed by atoms with Crippen LogP contribution < -0.4 is 14.5 Å². The van der Waals surface area contributed by atoms with Crippen LogP contribution in [0.2, 0.25) is 0 Å². The van der Waals surface area contributed by atoms with Crippen LogP contribution in [-0.2, 0) is 17.8 Å². The maximum Gasteiger partial charge on any atom is 0.282 e. The van der Waals surface area contributed by atoms with Crippen molar-refractivity contribution in [1.82, 2.24) is 14.8 Å². The summed E-state index contributed by atoms with van der Waals surface area (Å²) in [7, 11) is 2.11. The van der Waals surface area contributed by atoms with Gasteiger partial charge in [0.15, 0.2) is 5.83 Å². The Bertz CT molecular complexity index is 1570. The topological polar surface area (TPSA) is 75.9 Å². The summed E-state index contributed by atoms with van der Waals surface area (Å²) >= 11 is 0. The van der Waals surface area contributed by atoms with Gasteiger partial charge >= 0.3 is 0 Å². The molecule has 0 radical (unpaired) electrons. The SMILES string of the molecule is C=C(F)C(=O)N1CCN(c2c(C#N)c(OC[C@@H]3CCCN3C)nc3c2CCN(c2cccc4cccc(C)c24)C3)CC1. The molecule has 1 atom stereocenters. The fourth-order valence-corrected chi connectivity index (χ4v) is 6.73. The number of nitrogens with zero attached hydrogens (tertiary/aromatic N) is 6. The van der Waals surface area contributed by atoms with Crippen molar-refractivity contribution in [3.63, 3.8) is 0 Å². The minimum absolute atomic E-state index is 0.288. The van der Waals surface area contributed by atoms with Crippen molar-refractivity contribution in [2.75, 3.05) is 62.7 Å². The second kappa shape index (κ2) is 11.6. The van der Waals surface area contributed by atoms with Gasteiger partial charge in [-0.1, -0.05) is 36.9 Å². The van der Waals surface area contributed by atoms with Gasteiger partial charge in [-0.3, -0.25) is 4.79 Å². The van der Waals surface area contributed by atoms with E-state index >= 15 is 0 Å². The number of pyridine rings is 1. The molecule has 42 heavy (non-hydrogen) atoms. The number of hydrogen-bond acceptors (Lipinski definition) is 7. The van der Waals surface area contributed by atoms with Crippen molar-refractivity contribution in [3.8, 4) is 11.9 Å². The molecule has 8 nitrogen and oxygen atoms in total. The zero-order chi connectivity index (χ0) is 29.4. The van der Waals surface area contributed by atoms with Gasteiger partial charge in [0.05, 0.1) is 17.9 Å².